The van der Waals surface area contributed by atoms with Crippen LogP contribution in [-0.4, -0.2) is 25.2 Å². The SMILES string of the molecule is Cc1nc(N)nc2c1ccn2-c1cccc(C#CC2(O)CCC2)c1. The van der Waals surface area contributed by atoms with Crippen molar-refractivity contribution in [1.82, 2.24) is 14.5 Å². The fourth-order valence-corrected chi connectivity index (χ4v) is 2.95. The first-order valence-electron chi connectivity index (χ1n) is 8.01. The van der Waals surface area contributed by atoms with Gasteiger partial charge < -0.3 is 15.4 Å². The van der Waals surface area contributed by atoms with Crippen molar-refractivity contribution < 1.29 is 5.11 Å². The lowest BCUT2D eigenvalue weighted by Gasteiger charge is -2.30. The maximum absolute atomic E-state index is 10.1. The van der Waals surface area contributed by atoms with Gasteiger partial charge in [-0.25, -0.2) is 4.98 Å². The second-order valence-corrected chi connectivity index (χ2v) is 6.28. The van der Waals surface area contributed by atoms with Crippen LogP contribution in [0.2, 0.25) is 0 Å². The van der Waals surface area contributed by atoms with E-state index in [9.17, 15) is 5.11 Å². The van der Waals surface area contributed by atoms with Crippen LogP contribution in [0.3, 0.4) is 0 Å². The van der Waals surface area contributed by atoms with Crippen molar-refractivity contribution in [3.05, 3.63) is 47.8 Å². The quantitative estimate of drug-likeness (QED) is 0.676. The third kappa shape index (κ3) is 2.51. The van der Waals surface area contributed by atoms with Gasteiger partial charge in [-0.2, -0.15) is 4.98 Å². The van der Waals surface area contributed by atoms with Gasteiger partial charge in [0.15, 0.2) is 0 Å². The standard InChI is InChI=1S/C19H18N4O/c1-13-16-7-11-23(17(16)22-18(20)21-13)15-5-2-4-14(12-15)6-10-19(24)8-3-9-19/h2,4-5,7,11-12,24H,3,8-9H2,1H3,(H2,20,21,22). The van der Waals surface area contributed by atoms with Crippen molar-refractivity contribution in [2.24, 2.45) is 0 Å². The molecule has 4 rings (SSSR count). The van der Waals surface area contributed by atoms with Crippen LogP contribution < -0.4 is 5.73 Å². The van der Waals surface area contributed by atoms with Gasteiger partial charge in [-0.15, -0.1) is 0 Å². The number of aryl methyl sites for hydroxylation is 1. The number of fused-ring (bicyclic) bond motifs is 1. The number of hydrogen-bond acceptors (Lipinski definition) is 4. The summed E-state index contributed by atoms with van der Waals surface area (Å²) in [5.41, 5.74) is 8.46. The number of nitrogens with zero attached hydrogens (tertiary/aromatic N) is 3. The van der Waals surface area contributed by atoms with Crippen molar-refractivity contribution in [1.29, 1.82) is 0 Å². The van der Waals surface area contributed by atoms with Gasteiger partial charge >= 0.3 is 0 Å². The predicted molar refractivity (Wildman–Crippen MR) is 93.7 cm³/mol. The van der Waals surface area contributed by atoms with Crippen LogP contribution >= 0.6 is 0 Å². The molecule has 1 saturated carbocycles. The van der Waals surface area contributed by atoms with E-state index in [1.807, 2.05) is 48.0 Å². The zero-order valence-electron chi connectivity index (χ0n) is 13.5. The number of rotatable bonds is 1. The summed E-state index contributed by atoms with van der Waals surface area (Å²) in [6.07, 6.45) is 4.52. The molecule has 0 saturated heterocycles. The number of anilines is 1. The summed E-state index contributed by atoms with van der Waals surface area (Å²) in [7, 11) is 0. The molecule has 0 bridgehead atoms. The van der Waals surface area contributed by atoms with Crippen LogP contribution in [0.1, 0.15) is 30.5 Å². The monoisotopic (exact) mass is 318 g/mol. The molecule has 0 atom stereocenters. The Balaban J connectivity index is 1.76. The fourth-order valence-electron chi connectivity index (χ4n) is 2.95. The van der Waals surface area contributed by atoms with Gasteiger partial charge in [-0.1, -0.05) is 17.9 Å². The van der Waals surface area contributed by atoms with Crippen molar-refractivity contribution in [2.75, 3.05) is 5.73 Å². The normalized spacial score (nSPS) is 15.6. The van der Waals surface area contributed by atoms with E-state index in [0.717, 1.165) is 47.2 Å². The minimum Gasteiger partial charge on any atom is -0.378 e. The van der Waals surface area contributed by atoms with Crippen molar-refractivity contribution in [2.45, 2.75) is 31.8 Å². The smallest absolute Gasteiger partial charge is 0.222 e. The van der Waals surface area contributed by atoms with E-state index in [1.165, 1.54) is 0 Å². The molecule has 1 fully saturated rings. The Morgan fingerprint density at radius 2 is 2.08 bits per heavy atom. The zero-order valence-corrected chi connectivity index (χ0v) is 13.5. The van der Waals surface area contributed by atoms with E-state index in [-0.39, 0.29) is 5.95 Å². The largest absolute Gasteiger partial charge is 0.378 e. The van der Waals surface area contributed by atoms with Crippen LogP contribution in [0.4, 0.5) is 5.95 Å². The van der Waals surface area contributed by atoms with E-state index in [1.54, 1.807) is 0 Å². The second-order valence-electron chi connectivity index (χ2n) is 6.28. The number of benzene rings is 1. The molecule has 120 valence electrons. The third-order valence-corrected chi connectivity index (χ3v) is 4.50. The Morgan fingerprint density at radius 3 is 2.83 bits per heavy atom. The van der Waals surface area contributed by atoms with E-state index in [2.05, 4.69) is 21.8 Å². The van der Waals surface area contributed by atoms with E-state index in [4.69, 9.17) is 5.73 Å². The molecule has 0 aliphatic heterocycles. The van der Waals surface area contributed by atoms with E-state index >= 15 is 0 Å². The highest BCUT2D eigenvalue weighted by Crippen LogP contribution is 2.30. The van der Waals surface area contributed by atoms with Crippen LogP contribution in [0, 0.1) is 18.8 Å². The maximum atomic E-state index is 10.1. The van der Waals surface area contributed by atoms with Gasteiger partial charge in [0, 0.05) is 22.8 Å². The molecule has 1 aliphatic carbocycles. The number of hydrogen-bond donors (Lipinski definition) is 2. The van der Waals surface area contributed by atoms with Crippen molar-refractivity contribution in [3.63, 3.8) is 0 Å². The van der Waals surface area contributed by atoms with E-state index in [0.29, 0.717) is 0 Å². The average Bonchev–Trinajstić information content (AvgIpc) is 2.95. The first-order valence-corrected chi connectivity index (χ1v) is 8.01. The average molecular weight is 318 g/mol. The van der Waals surface area contributed by atoms with Crippen LogP contribution in [0.5, 0.6) is 0 Å². The van der Waals surface area contributed by atoms with Gasteiger partial charge in [0.25, 0.3) is 0 Å². The first kappa shape index (κ1) is 14.7. The lowest BCUT2D eigenvalue weighted by atomic mass is 9.81. The Bertz CT molecular complexity index is 990. The molecule has 2 aromatic heterocycles. The molecular formula is C19H18N4O. The minimum absolute atomic E-state index is 0.267. The summed E-state index contributed by atoms with van der Waals surface area (Å²) < 4.78 is 1.98. The zero-order chi connectivity index (χ0) is 16.7. The summed E-state index contributed by atoms with van der Waals surface area (Å²) in [6.45, 7) is 1.92. The highest BCUT2D eigenvalue weighted by atomic mass is 16.3. The van der Waals surface area contributed by atoms with Crippen molar-refractivity contribution >= 4 is 17.0 Å². The van der Waals surface area contributed by atoms with Crippen LogP contribution in [0.25, 0.3) is 16.7 Å². The van der Waals surface area contributed by atoms with Gasteiger partial charge in [0.2, 0.25) is 5.95 Å². The summed E-state index contributed by atoms with van der Waals surface area (Å²) in [4.78, 5) is 8.57. The number of nitrogens with two attached hydrogens (primary N) is 1. The van der Waals surface area contributed by atoms with Crippen molar-refractivity contribution in [3.8, 4) is 17.5 Å². The van der Waals surface area contributed by atoms with Gasteiger partial charge in [-0.3, -0.25) is 0 Å². The Kier molecular flexibility index (Phi) is 3.29. The van der Waals surface area contributed by atoms with E-state index < -0.39 is 5.60 Å². The molecule has 3 N–H and O–H groups in total. The van der Waals surface area contributed by atoms with Gasteiger partial charge in [0.1, 0.15) is 11.2 Å². The highest BCUT2D eigenvalue weighted by molar-refractivity contribution is 5.81. The van der Waals surface area contributed by atoms with Crippen LogP contribution in [0.15, 0.2) is 36.5 Å². The topological polar surface area (TPSA) is 77.0 Å². The lowest BCUT2D eigenvalue weighted by molar-refractivity contribution is 0.0240. The number of nitrogen functional groups attached to an aromatic ring is 1. The molecule has 0 unspecified atom stereocenters. The molecular weight excluding hydrogens is 300 g/mol. The fraction of sp³-hybridized carbons (Fsp3) is 0.263. The number of aromatic nitrogens is 3. The highest BCUT2D eigenvalue weighted by Gasteiger charge is 2.32. The molecule has 0 radical (unpaired) electrons. The molecule has 0 spiro atoms. The molecule has 5 nitrogen and oxygen atoms in total. The summed E-state index contributed by atoms with van der Waals surface area (Å²) in [6, 6.07) is 9.87. The second kappa shape index (κ2) is 5.36. The first-order chi connectivity index (χ1) is 11.5. The molecule has 3 aromatic rings. The molecule has 1 aromatic carbocycles. The number of aliphatic hydroxyl groups is 1. The summed E-state index contributed by atoms with van der Waals surface area (Å²) in [5.74, 6) is 6.35. The summed E-state index contributed by atoms with van der Waals surface area (Å²) >= 11 is 0. The lowest BCUT2D eigenvalue weighted by Crippen LogP contribution is -2.34. The maximum Gasteiger partial charge on any atom is 0.222 e. The van der Waals surface area contributed by atoms with Gasteiger partial charge in [-0.05, 0) is 50.5 Å². The van der Waals surface area contributed by atoms with Gasteiger partial charge in [0.05, 0.1) is 5.69 Å². The molecule has 0 amide bonds. The molecule has 5 heteroatoms. The molecule has 1 aliphatic rings. The predicted octanol–water partition coefficient (Wildman–Crippen LogP) is 2.58. The minimum atomic E-state index is -0.797. The third-order valence-electron chi connectivity index (χ3n) is 4.50. The summed E-state index contributed by atoms with van der Waals surface area (Å²) in [5, 5.41) is 11.1. The Morgan fingerprint density at radius 1 is 1.25 bits per heavy atom. The molecule has 24 heavy (non-hydrogen) atoms. The Labute approximate surface area is 140 Å². The molecule has 2 heterocycles. The Hall–Kier alpha value is -2.84. The van der Waals surface area contributed by atoms with Crippen LogP contribution in [-0.2, 0) is 0 Å².